The largest absolute Gasteiger partial charge is 0.356 e. The fourth-order valence-electron chi connectivity index (χ4n) is 2.71. The van der Waals surface area contributed by atoms with Crippen molar-refractivity contribution in [3.63, 3.8) is 0 Å². The Labute approximate surface area is 182 Å². The molecule has 1 heterocycles. The van der Waals surface area contributed by atoms with Crippen molar-refractivity contribution in [2.24, 2.45) is 4.99 Å². The van der Waals surface area contributed by atoms with E-state index in [1.165, 1.54) is 5.52 Å². The number of nitrogens with zero attached hydrogens (tertiary/aromatic N) is 3. The molecule has 1 aromatic carbocycles. The zero-order valence-electron chi connectivity index (χ0n) is 16.9. The van der Waals surface area contributed by atoms with Crippen molar-refractivity contribution in [1.29, 1.82) is 0 Å². The zero-order chi connectivity index (χ0) is 19.2. The topological polar surface area (TPSA) is 71.3 Å². The molecule has 0 spiro atoms. The highest BCUT2D eigenvalue weighted by Crippen LogP contribution is 2.15. The van der Waals surface area contributed by atoms with Gasteiger partial charge in [-0.05, 0) is 46.2 Å². The average molecular weight is 505 g/mol. The zero-order valence-corrected chi connectivity index (χ0v) is 20.1. The van der Waals surface area contributed by atoms with Crippen molar-refractivity contribution in [1.82, 2.24) is 20.2 Å². The standard InChI is InChI=1S/C19H31N5OS.HI/c1-15-23-16-9-6-7-10-17(16)24(15)13-8-11-21-18(20-5)22-12-14-26(25)19(2,3)4;/h6-7,9-10H,8,11-14H2,1-5H3,(H2,20,21,22);1H. The number of rotatable bonds is 7. The van der Waals surface area contributed by atoms with Gasteiger partial charge in [0.05, 0.1) is 11.0 Å². The van der Waals surface area contributed by atoms with Gasteiger partial charge in [0.25, 0.3) is 0 Å². The number of aryl methyl sites for hydroxylation is 2. The molecule has 2 N–H and O–H groups in total. The van der Waals surface area contributed by atoms with Crippen LogP contribution in [0.5, 0.6) is 0 Å². The molecule has 1 aromatic heterocycles. The minimum Gasteiger partial charge on any atom is -0.356 e. The summed E-state index contributed by atoms with van der Waals surface area (Å²) in [6.07, 6.45) is 0.968. The quantitative estimate of drug-likeness (QED) is 0.263. The summed E-state index contributed by atoms with van der Waals surface area (Å²) < 4.78 is 14.1. The van der Waals surface area contributed by atoms with Gasteiger partial charge in [-0.25, -0.2) is 4.98 Å². The van der Waals surface area contributed by atoms with Gasteiger partial charge in [0.2, 0.25) is 0 Å². The Morgan fingerprint density at radius 2 is 1.89 bits per heavy atom. The van der Waals surface area contributed by atoms with Gasteiger partial charge in [0.1, 0.15) is 5.82 Å². The maximum Gasteiger partial charge on any atom is 0.191 e. The number of halogens is 1. The number of fused-ring (bicyclic) bond motifs is 1. The number of guanidine groups is 1. The van der Waals surface area contributed by atoms with Crippen LogP contribution in [-0.4, -0.2) is 50.4 Å². The second-order valence-corrected chi connectivity index (χ2v) is 9.56. The summed E-state index contributed by atoms with van der Waals surface area (Å²) >= 11 is 0. The monoisotopic (exact) mass is 505 g/mol. The van der Waals surface area contributed by atoms with Crippen LogP contribution in [0.25, 0.3) is 11.0 Å². The van der Waals surface area contributed by atoms with Crippen molar-refractivity contribution in [3.8, 4) is 0 Å². The molecule has 1 unspecified atom stereocenters. The van der Waals surface area contributed by atoms with Gasteiger partial charge in [-0.3, -0.25) is 9.20 Å². The number of aromatic nitrogens is 2. The van der Waals surface area contributed by atoms with E-state index in [0.29, 0.717) is 12.3 Å². The summed E-state index contributed by atoms with van der Waals surface area (Å²) in [7, 11) is 0.898. The molecule has 2 aromatic rings. The molecule has 0 radical (unpaired) electrons. The lowest BCUT2D eigenvalue weighted by Crippen LogP contribution is -2.40. The minimum absolute atomic E-state index is 0. The fraction of sp³-hybridized carbons (Fsp3) is 0.579. The minimum atomic E-state index is -0.855. The molecule has 0 fully saturated rings. The number of imidazole rings is 1. The lowest BCUT2D eigenvalue weighted by atomic mass is 10.3. The molecule has 152 valence electrons. The van der Waals surface area contributed by atoms with E-state index in [-0.39, 0.29) is 28.7 Å². The Bertz CT molecular complexity index is 782. The molecule has 0 aliphatic carbocycles. The van der Waals surface area contributed by atoms with Crippen LogP contribution in [0.4, 0.5) is 0 Å². The third kappa shape index (κ3) is 7.06. The first-order chi connectivity index (χ1) is 12.3. The summed E-state index contributed by atoms with van der Waals surface area (Å²) in [4.78, 5) is 8.82. The van der Waals surface area contributed by atoms with Gasteiger partial charge in [0, 0.05) is 48.0 Å². The van der Waals surface area contributed by atoms with Gasteiger partial charge >= 0.3 is 0 Å². The smallest absolute Gasteiger partial charge is 0.191 e. The predicted octanol–water partition coefficient (Wildman–Crippen LogP) is 3.07. The van der Waals surface area contributed by atoms with Gasteiger partial charge in [-0.15, -0.1) is 24.0 Å². The highest BCUT2D eigenvalue weighted by molar-refractivity contribution is 14.0. The number of aliphatic imine (C=N–C) groups is 1. The van der Waals surface area contributed by atoms with E-state index < -0.39 is 10.8 Å². The molecule has 0 bridgehead atoms. The summed E-state index contributed by atoms with van der Waals surface area (Å²) in [5, 5.41) is 6.55. The van der Waals surface area contributed by atoms with Crippen LogP contribution in [-0.2, 0) is 17.3 Å². The number of benzene rings is 1. The van der Waals surface area contributed by atoms with E-state index in [0.717, 1.165) is 36.8 Å². The Kier molecular flexibility index (Phi) is 9.72. The third-order valence-corrected chi connectivity index (χ3v) is 6.12. The Balaban J connectivity index is 0.00000364. The lowest BCUT2D eigenvalue weighted by molar-refractivity contribution is 0.624. The first-order valence-electron chi connectivity index (χ1n) is 9.08. The van der Waals surface area contributed by atoms with E-state index >= 15 is 0 Å². The van der Waals surface area contributed by atoms with Crippen molar-refractivity contribution in [2.45, 2.75) is 45.4 Å². The fourth-order valence-corrected chi connectivity index (χ4v) is 3.61. The first-order valence-corrected chi connectivity index (χ1v) is 10.4. The summed E-state index contributed by atoms with van der Waals surface area (Å²) in [5.41, 5.74) is 2.22. The van der Waals surface area contributed by atoms with E-state index in [2.05, 4.69) is 31.2 Å². The van der Waals surface area contributed by atoms with Crippen molar-refractivity contribution >= 4 is 51.8 Å². The van der Waals surface area contributed by atoms with Gasteiger partial charge in [-0.1, -0.05) is 12.1 Å². The highest BCUT2D eigenvalue weighted by Gasteiger charge is 2.18. The van der Waals surface area contributed by atoms with Crippen LogP contribution < -0.4 is 10.6 Å². The van der Waals surface area contributed by atoms with Crippen LogP contribution >= 0.6 is 24.0 Å². The Morgan fingerprint density at radius 1 is 1.22 bits per heavy atom. The second-order valence-electron chi connectivity index (χ2n) is 7.24. The lowest BCUT2D eigenvalue weighted by Gasteiger charge is -2.18. The van der Waals surface area contributed by atoms with E-state index in [9.17, 15) is 4.21 Å². The number of hydrogen-bond acceptors (Lipinski definition) is 3. The maximum atomic E-state index is 12.1. The number of hydrogen-bond donors (Lipinski definition) is 2. The molecule has 0 saturated heterocycles. The van der Waals surface area contributed by atoms with Crippen LogP contribution in [0.2, 0.25) is 0 Å². The van der Waals surface area contributed by atoms with E-state index in [4.69, 9.17) is 0 Å². The normalized spacial score (nSPS) is 13.3. The average Bonchev–Trinajstić information content (AvgIpc) is 2.91. The third-order valence-electron chi connectivity index (χ3n) is 4.18. The molecule has 0 amide bonds. The molecule has 0 aliphatic heterocycles. The molecule has 6 nitrogen and oxygen atoms in total. The van der Waals surface area contributed by atoms with E-state index in [1.54, 1.807) is 7.05 Å². The predicted molar refractivity (Wildman–Crippen MR) is 127 cm³/mol. The maximum absolute atomic E-state index is 12.1. The summed E-state index contributed by atoms with van der Waals surface area (Å²) in [6.45, 7) is 10.4. The van der Waals surface area contributed by atoms with Gasteiger partial charge < -0.3 is 15.2 Å². The summed E-state index contributed by atoms with van der Waals surface area (Å²) in [5.74, 6) is 2.41. The molecular formula is C19H32IN5OS. The number of para-hydroxylation sites is 2. The second kappa shape index (κ2) is 11.0. The van der Waals surface area contributed by atoms with Crippen molar-refractivity contribution < 1.29 is 4.21 Å². The number of nitrogens with one attached hydrogen (secondary N) is 2. The van der Waals surface area contributed by atoms with Gasteiger partial charge in [0.15, 0.2) is 5.96 Å². The van der Waals surface area contributed by atoms with Crippen molar-refractivity contribution in [2.75, 3.05) is 25.9 Å². The molecule has 0 aliphatic rings. The van der Waals surface area contributed by atoms with Crippen LogP contribution in [0.15, 0.2) is 29.3 Å². The molecular weight excluding hydrogens is 473 g/mol. The van der Waals surface area contributed by atoms with Crippen LogP contribution in [0.3, 0.4) is 0 Å². The summed E-state index contributed by atoms with van der Waals surface area (Å²) in [6, 6.07) is 8.22. The highest BCUT2D eigenvalue weighted by atomic mass is 127. The molecule has 1 atom stereocenters. The Hall–Kier alpha value is -1.16. The molecule has 8 heteroatoms. The van der Waals surface area contributed by atoms with Gasteiger partial charge in [-0.2, -0.15) is 0 Å². The molecule has 2 rings (SSSR count). The Morgan fingerprint density at radius 3 is 2.56 bits per heavy atom. The molecule has 0 saturated carbocycles. The molecule has 27 heavy (non-hydrogen) atoms. The van der Waals surface area contributed by atoms with Crippen LogP contribution in [0.1, 0.15) is 33.0 Å². The SMILES string of the molecule is CN=C(NCCCn1c(C)nc2ccccc21)NCCS(=O)C(C)(C)C.I. The van der Waals surface area contributed by atoms with Crippen molar-refractivity contribution in [3.05, 3.63) is 30.1 Å². The first kappa shape index (κ1) is 23.9. The van der Waals surface area contributed by atoms with E-state index in [1.807, 2.05) is 45.9 Å². The van der Waals surface area contributed by atoms with Crippen LogP contribution in [0, 0.1) is 6.92 Å².